The number of amides is 1. The van der Waals surface area contributed by atoms with Gasteiger partial charge in [0.25, 0.3) is 5.91 Å². The lowest BCUT2D eigenvalue weighted by Crippen LogP contribution is -2.51. The Kier molecular flexibility index (Phi) is 7.86. The Morgan fingerprint density at radius 2 is 2.08 bits per heavy atom. The summed E-state index contributed by atoms with van der Waals surface area (Å²) in [6, 6.07) is 2.13. The summed E-state index contributed by atoms with van der Waals surface area (Å²) in [5.74, 6) is 2.65. The minimum atomic E-state index is -4.71. The van der Waals surface area contributed by atoms with Gasteiger partial charge >= 0.3 is 6.18 Å². The number of halogens is 4. The second-order valence-corrected chi connectivity index (χ2v) is 10.1. The van der Waals surface area contributed by atoms with Crippen LogP contribution in [0.3, 0.4) is 0 Å². The van der Waals surface area contributed by atoms with Crippen LogP contribution < -0.4 is 15.8 Å². The number of aromatic nitrogens is 3. The van der Waals surface area contributed by atoms with Gasteiger partial charge in [0.2, 0.25) is 11.8 Å². The van der Waals surface area contributed by atoms with Crippen LogP contribution in [0.2, 0.25) is 0 Å². The van der Waals surface area contributed by atoms with E-state index in [1.165, 1.54) is 20.2 Å². The summed E-state index contributed by atoms with van der Waals surface area (Å²) in [4.78, 5) is 28.7. The normalized spacial score (nSPS) is 21.4. The summed E-state index contributed by atoms with van der Waals surface area (Å²) in [7, 11) is -2.59. The number of nitrogens with one attached hydrogen (secondary N) is 1. The third-order valence-electron chi connectivity index (χ3n) is 4.95. The Morgan fingerprint density at radius 3 is 2.70 bits per heavy atom. The largest absolute Gasteiger partial charge is 0.463 e. The molecule has 1 aliphatic heterocycles. The molecule has 0 aliphatic carbocycles. The number of carbonyl (C=O) groups is 1. The van der Waals surface area contributed by atoms with Crippen molar-refractivity contribution in [2.24, 2.45) is 15.1 Å². The highest BCUT2D eigenvalue weighted by Gasteiger charge is 2.42. The number of hydrogen-bond acceptors (Lipinski definition) is 9. The molecule has 16 heteroatoms. The highest BCUT2D eigenvalue weighted by Crippen LogP contribution is 2.34. The molecule has 1 aliphatic rings. The zero-order valence-corrected chi connectivity index (χ0v) is 20.7. The summed E-state index contributed by atoms with van der Waals surface area (Å²) >= 11 is 0. The molecule has 2 atom stereocenters. The third-order valence-corrected chi connectivity index (χ3v) is 7.47. The summed E-state index contributed by atoms with van der Waals surface area (Å²) < 4.78 is 75.8. The van der Waals surface area contributed by atoms with Crippen LogP contribution in [-0.4, -0.2) is 67.5 Å². The molecule has 2 aromatic rings. The standard InChI is InChI=1S/C21H22F4N8O3S/c1-4-5-8-36-16-10-27-14(9-28-16)18(34)31-15-7-6-13(22)17(30-15)20(2)12-37(35,29-11-21(23,24)25)33(3)19(26)32-20/h6-7,9-10H,8,11-12H2,1-3H3,(H2,26,32)(H,30,31,34)/t20-,37+/m0/s1. The van der Waals surface area contributed by atoms with Crippen molar-refractivity contribution in [2.75, 3.05) is 31.3 Å². The first-order chi connectivity index (χ1) is 17.3. The molecule has 0 unspecified atom stereocenters. The van der Waals surface area contributed by atoms with E-state index in [0.29, 0.717) is 0 Å². The fraction of sp³-hybridized carbons (Fsp3) is 0.381. The number of aliphatic imine (C=N–C) groups is 1. The topological polar surface area (TPSA) is 148 Å². The van der Waals surface area contributed by atoms with Gasteiger partial charge in [-0.2, -0.15) is 13.2 Å². The van der Waals surface area contributed by atoms with Crippen molar-refractivity contribution < 1.29 is 31.3 Å². The van der Waals surface area contributed by atoms with Gasteiger partial charge in [0, 0.05) is 7.05 Å². The number of ether oxygens (including phenoxy) is 1. The monoisotopic (exact) mass is 542 g/mol. The van der Waals surface area contributed by atoms with E-state index in [2.05, 4.69) is 41.5 Å². The van der Waals surface area contributed by atoms with Gasteiger partial charge in [0.15, 0.2) is 6.61 Å². The first kappa shape index (κ1) is 27.6. The Bertz CT molecular complexity index is 1400. The van der Waals surface area contributed by atoms with Gasteiger partial charge in [-0.15, -0.1) is 5.92 Å². The van der Waals surface area contributed by atoms with E-state index in [9.17, 15) is 26.6 Å². The summed E-state index contributed by atoms with van der Waals surface area (Å²) in [6.45, 7) is 1.35. The fourth-order valence-electron chi connectivity index (χ4n) is 3.15. The van der Waals surface area contributed by atoms with Crippen LogP contribution in [0.5, 0.6) is 5.88 Å². The van der Waals surface area contributed by atoms with Gasteiger partial charge in [-0.25, -0.2) is 32.9 Å². The van der Waals surface area contributed by atoms with Gasteiger partial charge in [-0.1, -0.05) is 5.92 Å². The van der Waals surface area contributed by atoms with E-state index in [0.717, 1.165) is 22.6 Å². The average Bonchev–Trinajstić information content (AvgIpc) is 2.82. The SMILES string of the molecule is CC#CCOc1cnc(C(=O)Nc2ccc(F)c([C@]3(C)C[S@@](=O)(=NCC(F)(F)F)N(C)C(N)=N3)n2)cn1. The van der Waals surface area contributed by atoms with Crippen molar-refractivity contribution in [3.05, 3.63) is 41.7 Å². The smallest absolute Gasteiger partial charge is 0.408 e. The van der Waals surface area contributed by atoms with Crippen molar-refractivity contribution >= 4 is 27.6 Å². The number of hydrogen-bond donors (Lipinski definition) is 2. The highest BCUT2D eigenvalue weighted by atomic mass is 32.2. The molecule has 11 nitrogen and oxygen atoms in total. The van der Waals surface area contributed by atoms with Crippen molar-refractivity contribution in [1.82, 2.24) is 19.3 Å². The number of nitrogens with zero attached hydrogens (tertiary/aromatic N) is 6. The maximum absolute atomic E-state index is 14.8. The zero-order chi connectivity index (χ0) is 27.4. The van der Waals surface area contributed by atoms with E-state index in [4.69, 9.17) is 10.5 Å². The van der Waals surface area contributed by atoms with Crippen LogP contribution in [-0.2, 0) is 15.5 Å². The highest BCUT2D eigenvalue weighted by molar-refractivity contribution is 7.92. The van der Waals surface area contributed by atoms with Crippen LogP contribution in [0, 0.1) is 17.7 Å². The first-order valence-corrected chi connectivity index (χ1v) is 12.1. The van der Waals surface area contributed by atoms with Gasteiger partial charge in [-0.3, -0.25) is 9.10 Å². The van der Waals surface area contributed by atoms with Gasteiger partial charge in [-0.05, 0) is 26.0 Å². The molecule has 0 fully saturated rings. The van der Waals surface area contributed by atoms with Gasteiger partial charge in [0.1, 0.15) is 45.0 Å². The maximum Gasteiger partial charge on any atom is 0.408 e. The summed E-state index contributed by atoms with van der Waals surface area (Å²) in [5, 5.41) is 2.42. The molecular formula is C21H22F4N8O3S. The van der Waals surface area contributed by atoms with Crippen molar-refractivity contribution in [3.63, 3.8) is 0 Å². The Labute approximate surface area is 209 Å². The maximum atomic E-state index is 14.8. The van der Waals surface area contributed by atoms with Crippen molar-refractivity contribution in [2.45, 2.75) is 25.6 Å². The number of carbonyl (C=O) groups excluding carboxylic acids is 1. The lowest BCUT2D eigenvalue weighted by molar-refractivity contribution is -0.117. The predicted octanol–water partition coefficient (Wildman–Crippen LogP) is 2.09. The average molecular weight is 543 g/mol. The first-order valence-electron chi connectivity index (χ1n) is 10.5. The molecule has 0 aromatic carbocycles. The number of anilines is 1. The second-order valence-electron chi connectivity index (χ2n) is 7.83. The van der Waals surface area contributed by atoms with Crippen molar-refractivity contribution in [3.8, 4) is 17.7 Å². The van der Waals surface area contributed by atoms with Crippen LogP contribution in [0.1, 0.15) is 30.0 Å². The van der Waals surface area contributed by atoms with Crippen LogP contribution >= 0.6 is 0 Å². The number of rotatable bonds is 6. The molecule has 3 N–H and O–H groups in total. The Balaban J connectivity index is 1.88. The Hall–Kier alpha value is -4.00. The predicted molar refractivity (Wildman–Crippen MR) is 126 cm³/mol. The van der Waals surface area contributed by atoms with Gasteiger partial charge in [0.05, 0.1) is 18.1 Å². The number of alkyl halides is 3. The molecule has 0 saturated carbocycles. The molecular weight excluding hydrogens is 520 g/mol. The van der Waals surface area contributed by atoms with E-state index in [1.807, 2.05) is 0 Å². The summed E-state index contributed by atoms with van der Waals surface area (Å²) in [6.07, 6.45) is -2.35. The lowest BCUT2D eigenvalue weighted by atomic mass is 10.00. The minimum Gasteiger partial charge on any atom is -0.463 e. The van der Waals surface area contributed by atoms with E-state index >= 15 is 0 Å². The quantitative estimate of drug-likeness (QED) is 0.420. The fourth-order valence-corrected chi connectivity index (χ4v) is 5.23. The summed E-state index contributed by atoms with van der Waals surface area (Å²) in [5.41, 5.74) is 3.54. The van der Waals surface area contributed by atoms with Crippen LogP contribution in [0.4, 0.5) is 23.4 Å². The third kappa shape index (κ3) is 6.61. The van der Waals surface area contributed by atoms with Gasteiger partial charge < -0.3 is 15.8 Å². The van der Waals surface area contributed by atoms with E-state index in [-0.39, 0.29) is 24.0 Å². The number of nitrogens with two attached hydrogens (primary N) is 1. The minimum absolute atomic E-state index is 0.0937. The molecule has 3 rings (SSSR count). The Morgan fingerprint density at radius 1 is 1.35 bits per heavy atom. The lowest BCUT2D eigenvalue weighted by Gasteiger charge is -2.36. The molecule has 198 valence electrons. The zero-order valence-electron chi connectivity index (χ0n) is 19.8. The van der Waals surface area contributed by atoms with Crippen LogP contribution in [0.25, 0.3) is 0 Å². The molecule has 37 heavy (non-hydrogen) atoms. The molecule has 0 saturated heterocycles. The van der Waals surface area contributed by atoms with Crippen LogP contribution in [0.15, 0.2) is 33.9 Å². The van der Waals surface area contributed by atoms with E-state index in [1.54, 1.807) is 6.92 Å². The molecule has 3 heterocycles. The number of guanidine groups is 1. The molecule has 0 radical (unpaired) electrons. The molecule has 0 bridgehead atoms. The van der Waals surface area contributed by atoms with Crippen molar-refractivity contribution in [1.29, 1.82) is 0 Å². The van der Waals surface area contributed by atoms with E-state index < -0.39 is 57.3 Å². The molecule has 1 amide bonds. The molecule has 0 spiro atoms. The molecule has 2 aromatic heterocycles. The second kappa shape index (κ2) is 10.5. The number of pyridine rings is 1.